The van der Waals surface area contributed by atoms with Gasteiger partial charge in [-0.15, -0.1) is 0 Å². The minimum Gasteiger partial charge on any atom is -0.429 e. The normalized spacial score (nSPS) is 17.2. The maximum absolute atomic E-state index is 5.92. The van der Waals surface area contributed by atoms with Crippen molar-refractivity contribution in [1.82, 2.24) is 0 Å². The fraction of sp³-hybridized carbons (Fsp3) is 0.562. The van der Waals surface area contributed by atoms with Gasteiger partial charge in [0.05, 0.1) is 0 Å². The lowest BCUT2D eigenvalue weighted by Gasteiger charge is -2.20. The van der Waals surface area contributed by atoms with E-state index >= 15 is 0 Å². The van der Waals surface area contributed by atoms with E-state index in [1.165, 1.54) is 16.8 Å². The largest absolute Gasteiger partial charge is 0.429 e. The summed E-state index contributed by atoms with van der Waals surface area (Å²) in [6.45, 7) is 13.9. The maximum atomic E-state index is 5.92. The van der Waals surface area contributed by atoms with Gasteiger partial charge in [-0.25, -0.2) is 0 Å². The van der Waals surface area contributed by atoms with Crippen LogP contribution >= 0.6 is 0 Å². The van der Waals surface area contributed by atoms with Crippen LogP contribution in [-0.4, -0.2) is 17.5 Å². The quantitative estimate of drug-likeness (QED) is 0.682. The van der Waals surface area contributed by atoms with Crippen molar-refractivity contribution in [2.24, 2.45) is 5.92 Å². The maximum Gasteiger partial charge on any atom is 0.292 e. The molecule has 2 heteroatoms. The van der Waals surface area contributed by atoms with Crippen LogP contribution in [-0.2, 0) is 5.41 Å². The minimum absolute atomic E-state index is 0.115. The Kier molecular flexibility index (Phi) is 3.22. The average Bonchev–Trinajstić information content (AvgIpc) is 2.58. The molecule has 98 valence electrons. The van der Waals surface area contributed by atoms with Crippen LogP contribution in [0.3, 0.4) is 0 Å². The molecule has 0 saturated carbocycles. The fourth-order valence-corrected chi connectivity index (χ4v) is 2.36. The van der Waals surface area contributed by atoms with Gasteiger partial charge in [-0.2, -0.15) is 4.58 Å². The first kappa shape index (κ1) is 13.1. The first-order valence-electron chi connectivity index (χ1n) is 6.68. The predicted molar refractivity (Wildman–Crippen MR) is 76.2 cm³/mol. The first-order valence-corrected chi connectivity index (χ1v) is 6.68. The van der Waals surface area contributed by atoms with Gasteiger partial charge in [0.15, 0.2) is 6.21 Å². The summed E-state index contributed by atoms with van der Waals surface area (Å²) in [4.78, 5) is 0. The minimum atomic E-state index is 0.115. The van der Waals surface area contributed by atoms with Crippen molar-refractivity contribution >= 4 is 11.9 Å². The zero-order valence-corrected chi connectivity index (χ0v) is 12.4. The zero-order valence-electron chi connectivity index (χ0n) is 12.4. The molecule has 2 nitrogen and oxygen atoms in total. The summed E-state index contributed by atoms with van der Waals surface area (Å²) < 4.78 is 8.14. The molecule has 1 aliphatic heterocycles. The second kappa shape index (κ2) is 4.42. The number of fused-ring (bicyclic) bond motifs is 1. The van der Waals surface area contributed by atoms with Crippen molar-refractivity contribution in [2.45, 2.75) is 47.0 Å². The van der Waals surface area contributed by atoms with E-state index in [2.05, 4.69) is 64.5 Å². The number of hydrogen-bond donors (Lipinski definition) is 0. The number of aryl methyl sites for hydroxylation is 1. The summed E-state index contributed by atoms with van der Waals surface area (Å²) in [5.41, 5.74) is 3.93. The van der Waals surface area contributed by atoms with Crippen molar-refractivity contribution < 1.29 is 9.31 Å². The molecular formula is C16H24NO+. The van der Waals surface area contributed by atoms with Crippen molar-refractivity contribution in [3.63, 3.8) is 0 Å². The molecule has 1 aromatic rings. The number of ether oxygens (including phenoxy) is 1. The Morgan fingerprint density at radius 1 is 1.28 bits per heavy atom. The average molecular weight is 246 g/mol. The summed E-state index contributed by atoms with van der Waals surface area (Å²) in [5.74, 6) is 1.59. The molecule has 0 N–H and O–H groups in total. The topological polar surface area (TPSA) is 12.2 Å². The van der Waals surface area contributed by atoms with Gasteiger partial charge >= 0.3 is 0 Å². The summed E-state index contributed by atoms with van der Waals surface area (Å²) in [6, 6.07) is 4.47. The van der Waals surface area contributed by atoms with Crippen LogP contribution in [0.25, 0.3) is 0 Å². The van der Waals surface area contributed by atoms with Crippen LogP contribution in [0.1, 0.15) is 45.7 Å². The van der Waals surface area contributed by atoms with E-state index in [-0.39, 0.29) is 5.41 Å². The lowest BCUT2D eigenvalue weighted by atomic mass is 9.85. The van der Waals surface area contributed by atoms with Crippen molar-refractivity contribution in [2.75, 3.05) is 6.73 Å². The van der Waals surface area contributed by atoms with Crippen LogP contribution in [0.15, 0.2) is 12.1 Å². The zero-order chi connectivity index (χ0) is 13.5. The molecule has 18 heavy (non-hydrogen) atoms. The van der Waals surface area contributed by atoms with E-state index in [4.69, 9.17) is 4.74 Å². The third kappa shape index (κ3) is 2.43. The molecule has 0 unspecified atom stereocenters. The van der Waals surface area contributed by atoms with E-state index in [0.29, 0.717) is 12.6 Å². The first-order chi connectivity index (χ1) is 8.29. The van der Waals surface area contributed by atoms with Gasteiger partial charge in [-0.1, -0.05) is 40.7 Å². The Morgan fingerprint density at radius 2 is 1.94 bits per heavy atom. The fourth-order valence-electron chi connectivity index (χ4n) is 2.36. The third-order valence-corrected chi connectivity index (χ3v) is 3.16. The summed E-state index contributed by atoms with van der Waals surface area (Å²) in [7, 11) is 0. The van der Waals surface area contributed by atoms with Crippen LogP contribution < -0.4 is 4.74 Å². The third-order valence-electron chi connectivity index (χ3n) is 3.16. The highest BCUT2D eigenvalue weighted by molar-refractivity contribution is 5.63. The second-order valence-electron chi connectivity index (χ2n) is 6.55. The summed E-state index contributed by atoms with van der Waals surface area (Å²) in [5, 5.41) is 0. The summed E-state index contributed by atoms with van der Waals surface area (Å²) >= 11 is 0. The molecule has 1 heterocycles. The highest BCUT2D eigenvalue weighted by atomic mass is 16.5. The number of benzene rings is 1. The van der Waals surface area contributed by atoms with Gasteiger partial charge < -0.3 is 4.74 Å². The van der Waals surface area contributed by atoms with Crippen molar-refractivity contribution in [3.05, 3.63) is 23.3 Å². The molecule has 0 atom stereocenters. The van der Waals surface area contributed by atoms with Gasteiger partial charge in [0.2, 0.25) is 5.75 Å². The smallest absolute Gasteiger partial charge is 0.292 e. The Morgan fingerprint density at radius 3 is 2.50 bits per heavy atom. The molecule has 0 aromatic heterocycles. The lowest BCUT2D eigenvalue weighted by molar-refractivity contribution is -0.455. The molecule has 0 fully saturated rings. The van der Waals surface area contributed by atoms with Crippen molar-refractivity contribution in [3.8, 4) is 5.75 Å². The molecule has 0 saturated heterocycles. The second-order valence-corrected chi connectivity index (χ2v) is 6.55. The van der Waals surface area contributed by atoms with Gasteiger partial charge in [0.1, 0.15) is 0 Å². The number of nitrogens with zero attached hydrogens (tertiary/aromatic N) is 1. The van der Waals surface area contributed by atoms with Gasteiger partial charge in [-0.3, -0.25) is 0 Å². The van der Waals surface area contributed by atoms with Gasteiger partial charge in [0, 0.05) is 17.5 Å². The lowest BCUT2D eigenvalue weighted by Crippen LogP contribution is -2.12. The van der Waals surface area contributed by atoms with E-state index in [0.717, 1.165) is 5.75 Å². The van der Waals surface area contributed by atoms with Gasteiger partial charge in [0.25, 0.3) is 12.4 Å². The molecule has 1 aromatic carbocycles. The van der Waals surface area contributed by atoms with E-state index < -0.39 is 0 Å². The molecule has 1 aliphatic rings. The molecular weight excluding hydrogens is 222 g/mol. The molecule has 0 aliphatic carbocycles. The Labute approximate surface area is 110 Å². The Hall–Kier alpha value is -1.31. The Balaban J connectivity index is 2.59. The van der Waals surface area contributed by atoms with Crippen LogP contribution in [0.2, 0.25) is 0 Å². The van der Waals surface area contributed by atoms with Gasteiger partial charge in [-0.05, 0) is 17.9 Å². The molecule has 0 radical (unpaired) electrons. The van der Waals surface area contributed by atoms with Crippen LogP contribution in [0.4, 0.5) is 5.69 Å². The van der Waals surface area contributed by atoms with E-state index in [1.807, 2.05) is 0 Å². The molecule has 0 amide bonds. The predicted octanol–water partition coefficient (Wildman–Crippen LogP) is 4.01. The monoisotopic (exact) mass is 246 g/mol. The SMILES string of the molecule is Cc1cc2c(c(C(C)(C)C)c1)OC/[N+]2=C/C(C)C. The number of hydrogen-bond acceptors (Lipinski definition) is 1. The number of rotatable bonds is 1. The van der Waals surface area contributed by atoms with E-state index in [9.17, 15) is 0 Å². The molecule has 0 spiro atoms. The standard InChI is InChI=1S/C16H24NO/c1-11(2)9-17-10-18-15-13(16(4,5)6)7-12(3)8-14(15)17/h7-9,11H,10H2,1-6H3/q+1/b17-9-. The van der Waals surface area contributed by atoms with Crippen LogP contribution in [0, 0.1) is 12.8 Å². The molecule has 2 rings (SSSR count). The van der Waals surface area contributed by atoms with E-state index in [1.54, 1.807) is 0 Å². The van der Waals surface area contributed by atoms with Crippen molar-refractivity contribution in [1.29, 1.82) is 0 Å². The Bertz CT molecular complexity index is 493. The highest BCUT2D eigenvalue weighted by Crippen LogP contribution is 2.42. The van der Waals surface area contributed by atoms with Crippen LogP contribution in [0.5, 0.6) is 5.75 Å². The highest BCUT2D eigenvalue weighted by Gasteiger charge is 2.32. The molecule has 0 bridgehead atoms. The summed E-state index contributed by atoms with van der Waals surface area (Å²) in [6.07, 6.45) is 2.23.